The monoisotopic (exact) mass is 382 g/mol. The summed E-state index contributed by atoms with van der Waals surface area (Å²) in [5.41, 5.74) is 1.39. The molecule has 0 unspecified atom stereocenters. The van der Waals surface area contributed by atoms with Crippen molar-refractivity contribution in [1.82, 2.24) is 0 Å². The van der Waals surface area contributed by atoms with Crippen LogP contribution in [0.3, 0.4) is 0 Å². The molecular weight excluding hydrogens is 344 g/mol. The van der Waals surface area contributed by atoms with Crippen LogP contribution in [0.15, 0.2) is 24.3 Å². The summed E-state index contributed by atoms with van der Waals surface area (Å²) < 4.78 is 13.0. The molecule has 0 aliphatic heterocycles. The maximum atomic E-state index is 6.52. The molecule has 0 radical (unpaired) electrons. The highest BCUT2D eigenvalue weighted by molar-refractivity contribution is 5.32. The van der Waals surface area contributed by atoms with Crippen molar-refractivity contribution in [3.05, 3.63) is 24.3 Å². The van der Waals surface area contributed by atoms with Crippen molar-refractivity contribution in [3.63, 3.8) is 0 Å². The highest BCUT2D eigenvalue weighted by Crippen LogP contribution is 2.67. The molecular formula is C26H38O2. The van der Waals surface area contributed by atoms with Crippen LogP contribution in [-0.4, -0.2) is 12.2 Å². The van der Waals surface area contributed by atoms with Crippen LogP contribution in [0.2, 0.25) is 0 Å². The smallest absolute Gasteiger partial charge is 0.120 e. The second kappa shape index (κ2) is 5.70. The van der Waals surface area contributed by atoms with Gasteiger partial charge in [0.1, 0.15) is 23.7 Å². The Morgan fingerprint density at radius 2 is 1.00 bits per heavy atom. The summed E-state index contributed by atoms with van der Waals surface area (Å²) in [6.45, 7) is 14.7. The Labute approximate surface area is 171 Å². The molecule has 0 amide bonds. The maximum absolute atomic E-state index is 6.52. The van der Waals surface area contributed by atoms with Crippen LogP contribution in [-0.2, 0) is 0 Å². The Morgan fingerprint density at radius 1 is 0.643 bits per heavy atom. The third-order valence-corrected chi connectivity index (χ3v) is 10.8. The van der Waals surface area contributed by atoms with Gasteiger partial charge < -0.3 is 9.47 Å². The van der Waals surface area contributed by atoms with E-state index < -0.39 is 0 Å². The molecule has 0 spiro atoms. The van der Waals surface area contributed by atoms with E-state index in [-0.39, 0.29) is 0 Å². The zero-order chi connectivity index (χ0) is 19.9. The Hall–Kier alpha value is -1.18. The van der Waals surface area contributed by atoms with Crippen LogP contribution in [0.4, 0.5) is 0 Å². The third-order valence-electron chi connectivity index (χ3n) is 10.8. The molecule has 2 nitrogen and oxygen atoms in total. The van der Waals surface area contributed by atoms with Crippen molar-refractivity contribution >= 4 is 0 Å². The molecule has 4 aliphatic rings. The van der Waals surface area contributed by atoms with Gasteiger partial charge in [-0.2, -0.15) is 0 Å². The third kappa shape index (κ3) is 2.27. The van der Waals surface area contributed by atoms with Crippen LogP contribution >= 0.6 is 0 Å². The predicted octanol–water partition coefficient (Wildman–Crippen LogP) is 6.87. The van der Waals surface area contributed by atoms with E-state index >= 15 is 0 Å². The van der Waals surface area contributed by atoms with Gasteiger partial charge >= 0.3 is 0 Å². The van der Waals surface area contributed by atoms with Gasteiger partial charge in [-0.25, -0.2) is 0 Å². The van der Waals surface area contributed by atoms with Crippen LogP contribution < -0.4 is 9.47 Å². The van der Waals surface area contributed by atoms with E-state index in [1.54, 1.807) is 0 Å². The standard InChI is InChI=1S/C26H38O2/c1-23(2)17-11-13-25(23,5)21(15-17)27-19-7-9-20(10-8-19)28-22-16-18-12-14-26(22,6)24(18,3)4/h7-10,17-18,21-22H,11-16H2,1-6H3/t17-,18+,21-,22-,25+,26+/m0/s1. The summed E-state index contributed by atoms with van der Waals surface area (Å²) in [5, 5.41) is 0. The van der Waals surface area contributed by atoms with Crippen LogP contribution in [0.5, 0.6) is 11.5 Å². The summed E-state index contributed by atoms with van der Waals surface area (Å²) in [5.74, 6) is 3.63. The zero-order valence-corrected chi connectivity index (χ0v) is 18.7. The zero-order valence-electron chi connectivity index (χ0n) is 18.7. The molecule has 5 rings (SSSR count). The molecule has 4 aliphatic carbocycles. The van der Waals surface area contributed by atoms with Crippen LogP contribution in [0.25, 0.3) is 0 Å². The van der Waals surface area contributed by atoms with E-state index in [2.05, 4.69) is 65.8 Å². The Balaban J connectivity index is 1.27. The average molecular weight is 383 g/mol. The lowest BCUT2D eigenvalue weighted by Gasteiger charge is -2.39. The number of ether oxygens (including phenoxy) is 2. The van der Waals surface area contributed by atoms with Gasteiger partial charge in [-0.1, -0.05) is 41.5 Å². The first-order chi connectivity index (χ1) is 13.1. The highest BCUT2D eigenvalue weighted by Gasteiger charge is 2.63. The van der Waals surface area contributed by atoms with Crippen molar-refractivity contribution < 1.29 is 9.47 Å². The SMILES string of the molecule is CC1(C)[C@@H]2CC[C@]1(C)[C@@H](Oc1ccc(O[C@H]3C[C@@H]4CC[C@@]3(C)C4(C)C)cc1)C2. The topological polar surface area (TPSA) is 18.5 Å². The molecule has 28 heavy (non-hydrogen) atoms. The van der Waals surface area contributed by atoms with E-state index in [0.717, 1.165) is 23.3 Å². The van der Waals surface area contributed by atoms with Crippen molar-refractivity contribution in [1.29, 1.82) is 0 Å². The molecule has 6 atom stereocenters. The molecule has 0 saturated heterocycles. The van der Waals surface area contributed by atoms with Gasteiger partial charge in [0.25, 0.3) is 0 Å². The first-order valence-electron chi connectivity index (χ1n) is 11.5. The number of fused-ring (bicyclic) bond motifs is 4. The summed E-state index contributed by atoms with van der Waals surface area (Å²) in [6, 6.07) is 8.49. The normalized spacial score (nSPS) is 44.8. The molecule has 4 fully saturated rings. The Morgan fingerprint density at radius 3 is 1.25 bits per heavy atom. The number of hydrogen-bond acceptors (Lipinski definition) is 2. The summed E-state index contributed by atoms with van der Waals surface area (Å²) in [6.07, 6.45) is 8.44. The van der Waals surface area contributed by atoms with Gasteiger partial charge in [0, 0.05) is 10.8 Å². The van der Waals surface area contributed by atoms with Gasteiger partial charge in [-0.05, 0) is 85.5 Å². The first kappa shape index (κ1) is 18.8. The minimum absolute atomic E-state index is 0.302. The molecule has 4 saturated carbocycles. The summed E-state index contributed by atoms with van der Waals surface area (Å²) in [4.78, 5) is 0. The van der Waals surface area contributed by atoms with Gasteiger partial charge in [-0.15, -0.1) is 0 Å². The fourth-order valence-electron chi connectivity index (χ4n) is 7.54. The van der Waals surface area contributed by atoms with E-state index in [1.165, 1.54) is 38.5 Å². The molecule has 1 aromatic carbocycles. The fourth-order valence-corrected chi connectivity index (χ4v) is 7.54. The lowest BCUT2D eigenvalue weighted by atomic mass is 9.70. The van der Waals surface area contributed by atoms with Gasteiger partial charge in [0.15, 0.2) is 0 Å². The molecule has 0 aromatic heterocycles. The Kier molecular flexibility index (Phi) is 3.83. The van der Waals surface area contributed by atoms with Gasteiger partial charge in [0.2, 0.25) is 0 Å². The van der Waals surface area contributed by atoms with E-state index in [4.69, 9.17) is 9.47 Å². The van der Waals surface area contributed by atoms with Crippen molar-refractivity contribution in [3.8, 4) is 11.5 Å². The molecule has 1 aromatic rings. The minimum atomic E-state index is 0.302. The lowest BCUT2D eigenvalue weighted by molar-refractivity contribution is 0.0278. The average Bonchev–Trinajstić information content (AvgIpc) is 3.15. The maximum Gasteiger partial charge on any atom is 0.120 e. The largest absolute Gasteiger partial charge is 0.490 e. The second-order valence-corrected chi connectivity index (χ2v) is 11.9. The quantitative estimate of drug-likeness (QED) is 0.565. The van der Waals surface area contributed by atoms with Gasteiger partial charge in [0.05, 0.1) is 0 Å². The molecule has 4 bridgehead atoms. The number of benzene rings is 1. The molecule has 2 heteroatoms. The summed E-state index contributed by atoms with van der Waals surface area (Å²) >= 11 is 0. The van der Waals surface area contributed by atoms with E-state index in [1.807, 2.05) is 0 Å². The van der Waals surface area contributed by atoms with Crippen molar-refractivity contribution in [2.75, 3.05) is 0 Å². The van der Waals surface area contributed by atoms with Gasteiger partial charge in [-0.3, -0.25) is 0 Å². The van der Waals surface area contributed by atoms with Crippen LogP contribution in [0.1, 0.15) is 80.1 Å². The minimum Gasteiger partial charge on any atom is -0.490 e. The Bertz CT molecular complexity index is 698. The fraction of sp³-hybridized carbons (Fsp3) is 0.769. The lowest BCUT2D eigenvalue weighted by Crippen LogP contribution is -2.39. The van der Waals surface area contributed by atoms with E-state index in [0.29, 0.717) is 33.9 Å². The van der Waals surface area contributed by atoms with Crippen LogP contribution in [0, 0.1) is 33.5 Å². The molecule has 154 valence electrons. The first-order valence-corrected chi connectivity index (χ1v) is 11.5. The van der Waals surface area contributed by atoms with Crippen molar-refractivity contribution in [2.24, 2.45) is 33.5 Å². The highest BCUT2D eigenvalue weighted by atomic mass is 16.5. The van der Waals surface area contributed by atoms with E-state index in [9.17, 15) is 0 Å². The number of hydrogen-bond donors (Lipinski definition) is 0. The predicted molar refractivity (Wildman–Crippen MR) is 114 cm³/mol. The molecule has 0 N–H and O–H groups in total. The summed E-state index contributed by atoms with van der Waals surface area (Å²) in [7, 11) is 0. The number of rotatable bonds is 4. The molecule has 0 heterocycles. The van der Waals surface area contributed by atoms with Crippen molar-refractivity contribution in [2.45, 2.75) is 92.3 Å². The second-order valence-electron chi connectivity index (χ2n) is 11.9.